The van der Waals surface area contributed by atoms with Gasteiger partial charge in [0.05, 0.1) is 5.92 Å². The molecule has 0 aromatic heterocycles. The van der Waals surface area contributed by atoms with Crippen LogP contribution in [0.15, 0.2) is 0 Å². The first kappa shape index (κ1) is 12.9. The molecule has 5 nitrogen and oxygen atoms in total. The summed E-state index contributed by atoms with van der Waals surface area (Å²) in [5, 5.41) is 0. The second kappa shape index (κ2) is 5.12. The van der Waals surface area contributed by atoms with Gasteiger partial charge in [0, 0.05) is 38.7 Å². The Kier molecular flexibility index (Phi) is 3.48. The summed E-state index contributed by atoms with van der Waals surface area (Å²) in [5.41, 5.74) is 0. The molecule has 3 rings (SSSR count). The van der Waals surface area contributed by atoms with Crippen LogP contribution in [0.25, 0.3) is 0 Å². The highest BCUT2D eigenvalue weighted by atomic mass is 16.5. The van der Waals surface area contributed by atoms with Crippen molar-refractivity contribution in [2.24, 2.45) is 17.8 Å². The van der Waals surface area contributed by atoms with Crippen molar-refractivity contribution < 1.29 is 14.3 Å². The number of carbonyl (C=O) groups excluding carboxylic acids is 2. The molecule has 0 bridgehead atoms. The standard InChI is InChI=1S/C14H22N2O3/c1-2-19-9-13(17)15-6-11-7-16(5-10-3-4-10)14(18)12(11)8-15/h10-12H,2-9H2,1H3/t11-,12-/m0/s1. The second-order valence-electron chi connectivity index (χ2n) is 5.99. The van der Waals surface area contributed by atoms with E-state index < -0.39 is 0 Å². The lowest BCUT2D eigenvalue weighted by atomic mass is 10.0. The largest absolute Gasteiger partial charge is 0.372 e. The summed E-state index contributed by atoms with van der Waals surface area (Å²) in [6.07, 6.45) is 2.55. The van der Waals surface area contributed by atoms with Crippen molar-refractivity contribution in [3.05, 3.63) is 0 Å². The van der Waals surface area contributed by atoms with Crippen molar-refractivity contribution >= 4 is 11.8 Å². The smallest absolute Gasteiger partial charge is 0.248 e. The van der Waals surface area contributed by atoms with Crippen LogP contribution in [0.4, 0.5) is 0 Å². The van der Waals surface area contributed by atoms with E-state index in [9.17, 15) is 9.59 Å². The van der Waals surface area contributed by atoms with Gasteiger partial charge in [-0.05, 0) is 25.7 Å². The Morgan fingerprint density at radius 3 is 2.74 bits per heavy atom. The Morgan fingerprint density at radius 2 is 2.11 bits per heavy atom. The van der Waals surface area contributed by atoms with Gasteiger partial charge < -0.3 is 14.5 Å². The third-order valence-electron chi connectivity index (χ3n) is 4.48. The summed E-state index contributed by atoms with van der Waals surface area (Å²) in [6, 6.07) is 0. The molecule has 0 aromatic rings. The molecule has 106 valence electrons. The van der Waals surface area contributed by atoms with E-state index in [1.807, 2.05) is 11.8 Å². The van der Waals surface area contributed by atoms with Crippen molar-refractivity contribution in [1.82, 2.24) is 9.80 Å². The molecule has 1 aliphatic carbocycles. The van der Waals surface area contributed by atoms with Gasteiger partial charge in [-0.25, -0.2) is 0 Å². The van der Waals surface area contributed by atoms with Gasteiger partial charge in [0.25, 0.3) is 0 Å². The fourth-order valence-corrected chi connectivity index (χ4v) is 3.20. The summed E-state index contributed by atoms with van der Waals surface area (Å²) in [5.74, 6) is 1.43. The summed E-state index contributed by atoms with van der Waals surface area (Å²) in [7, 11) is 0. The lowest BCUT2D eigenvalue weighted by Gasteiger charge is -2.21. The first-order valence-electron chi connectivity index (χ1n) is 7.33. The molecule has 0 unspecified atom stereocenters. The normalized spacial score (nSPS) is 30.1. The Balaban J connectivity index is 1.53. The van der Waals surface area contributed by atoms with Crippen LogP contribution >= 0.6 is 0 Å². The van der Waals surface area contributed by atoms with Gasteiger partial charge in [-0.15, -0.1) is 0 Å². The second-order valence-corrected chi connectivity index (χ2v) is 5.99. The molecule has 19 heavy (non-hydrogen) atoms. The molecule has 3 aliphatic rings. The Hall–Kier alpha value is -1.10. The van der Waals surface area contributed by atoms with Gasteiger partial charge in [-0.3, -0.25) is 9.59 Å². The quantitative estimate of drug-likeness (QED) is 0.721. The third-order valence-corrected chi connectivity index (χ3v) is 4.48. The lowest BCUT2D eigenvalue weighted by molar-refractivity contribution is -0.136. The molecule has 2 amide bonds. The van der Waals surface area contributed by atoms with E-state index in [-0.39, 0.29) is 24.3 Å². The van der Waals surface area contributed by atoms with Gasteiger partial charge >= 0.3 is 0 Å². The number of amides is 2. The molecular formula is C14H22N2O3. The van der Waals surface area contributed by atoms with Gasteiger partial charge in [0.1, 0.15) is 6.61 Å². The number of nitrogens with zero attached hydrogens (tertiary/aromatic N) is 2. The summed E-state index contributed by atoms with van der Waals surface area (Å²) >= 11 is 0. The van der Waals surface area contributed by atoms with Gasteiger partial charge in [0.2, 0.25) is 11.8 Å². The van der Waals surface area contributed by atoms with Crippen LogP contribution in [0.3, 0.4) is 0 Å². The first-order chi connectivity index (χ1) is 9.19. The lowest BCUT2D eigenvalue weighted by Crippen LogP contribution is -2.37. The van der Waals surface area contributed by atoms with Gasteiger partial charge in [0.15, 0.2) is 0 Å². The molecule has 1 saturated carbocycles. The predicted octanol–water partition coefficient (Wildman–Crippen LogP) is 0.350. The minimum atomic E-state index is 0.0257. The highest BCUT2D eigenvalue weighted by Gasteiger charge is 2.48. The maximum atomic E-state index is 12.3. The van der Waals surface area contributed by atoms with E-state index in [1.165, 1.54) is 12.8 Å². The zero-order valence-electron chi connectivity index (χ0n) is 11.5. The highest BCUT2D eigenvalue weighted by molar-refractivity contribution is 5.85. The average molecular weight is 266 g/mol. The van der Waals surface area contributed by atoms with E-state index >= 15 is 0 Å². The zero-order chi connectivity index (χ0) is 13.4. The maximum absolute atomic E-state index is 12.3. The molecule has 2 atom stereocenters. The predicted molar refractivity (Wildman–Crippen MR) is 69.4 cm³/mol. The van der Waals surface area contributed by atoms with Crippen LogP contribution in [0.2, 0.25) is 0 Å². The van der Waals surface area contributed by atoms with Crippen molar-refractivity contribution in [1.29, 1.82) is 0 Å². The number of likely N-dealkylation sites (tertiary alicyclic amines) is 2. The molecule has 2 aliphatic heterocycles. The Morgan fingerprint density at radius 1 is 1.32 bits per heavy atom. The van der Waals surface area contributed by atoms with E-state index in [0.717, 1.165) is 25.6 Å². The van der Waals surface area contributed by atoms with Crippen LogP contribution in [-0.2, 0) is 14.3 Å². The number of rotatable bonds is 5. The molecular weight excluding hydrogens is 244 g/mol. The molecule has 0 aromatic carbocycles. The van der Waals surface area contributed by atoms with E-state index in [2.05, 4.69) is 0 Å². The fourth-order valence-electron chi connectivity index (χ4n) is 3.20. The minimum absolute atomic E-state index is 0.0257. The molecule has 2 saturated heterocycles. The summed E-state index contributed by atoms with van der Waals surface area (Å²) < 4.78 is 5.15. The first-order valence-corrected chi connectivity index (χ1v) is 7.33. The van der Waals surface area contributed by atoms with E-state index in [0.29, 0.717) is 19.1 Å². The van der Waals surface area contributed by atoms with Crippen LogP contribution in [0.5, 0.6) is 0 Å². The molecule has 0 spiro atoms. The molecule has 0 N–H and O–H groups in total. The fraction of sp³-hybridized carbons (Fsp3) is 0.857. The SMILES string of the molecule is CCOCC(=O)N1C[C@H]2CN(CC3CC3)C(=O)[C@H]2C1. The van der Waals surface area contributed by atoms with Gasteiger partial charge in [-0.1, -0.05) is 0 Å². The minimum Gasteiger partial charge on any atom is -0.372 e. The van der Waals surface area contributed by atoms with E-state index in [4.69, 9.17) is 4.74 Å². The van der Waals surface area contributed by atoms with Crippen LogP contribution in [-0.4, -0.2) is 61.0 Å². The highest BCUT2D eigenvalue weighted by Crippen LogP contribution is 2.36. The van der Waals surface area contributed by atoms with Gasteiger partial charge in [-0.2, -0.15) is 0 Å². The number of hydrogen-bond acceptors (Lipinski definition) is 3. The number of carbonyl (C=O) groups is 2. The third kappa shape index (κ3) is 2.61. The summed E-state index contributed by atoms with van der Waals surface area (Å²) in [6.45, 7) is 5.69. The van der Waals surface area contributed by atoms with E-state index in [1.54, 1.807) is 4.90 Å². The Bertz CT molecular complexity index is 381. The van der Waals surface area contributed by atoms with Crippen molar-refractivity contribution in [3.63, 3.8) is 0 Å². The van der Waals surface area contributed by atoms with Crippen LogP contribution < -0.4 is 0 Å². The van der Waals surface area contributed by atoms with Crippen molar-refractivity contribution in [2.45, 2.75) is 19.8 Å². The van der Waals surface area contributed by atoms with Crippen LogP contribution in [0.1, 0.15) is 19.8 Å². The van der Waals surface area contributed by atoms with Crippen LogP contribution in [0, 0.1) is 17.8 Å². The molecule has 5 heteroatoms. The average Bonchev–Trinajstić information content (AvgIpc) is 3.04. The number of fused-ring (bicyclic) bond motifs is 1. The Labute approximate surface area is 113 Å². The van der Waals surface area contributed by atoms with Crippen molar-refractivity contribution in [3.8, 4) is 0 Å². The molecule has 0 radical (unpaired) electrons. The van der Waals surface area contributed by atoms with Crippen molar-refractivity contribution in [2.75, 3.05) is 39.4 Å². The number of hydrogen-bond donors (Lipinski definition) is 0. The zero-order valence-corrected chi connectivity index (χ0v) is 11.5. The molecule has 3 fully saturated rings. The number of ether oxygens (including phenoxy) is 1. The monoisotopic (exact) mass is 266 g/mol. The topological polar surface area (TPSA) is 49.9 Å². The summed E-state index contributed by atoms with van der Waals surface area (Å²) in [4.78, 5) is 28.0. The maximum Gasteiger partial charge on any atom is 0.248 e. The molecule has 2 heterocycles.